The number of rotatable bonds is 5. The van der Waals surface area contributed by atoms with E-state index in [0.29, 0.717) is 10.3 Å². The molecule has 0 aliphatic carbocycles. The van der Waals surface area contributed by atoms with Crippen LogP contribution in [0.2, 0.25) is 0 Å². The predicted octanol–water partition coefficient (Wildman–Crippen LogP) is 2.97. The van der Waals surface area contributed by atoms with Crippen molar-refractivity contribution in [3.8, 4) is 11.3 Å². The van der Waals surface area contributed by atoms with Crippen LogP contribution in [-0.4, -0.2) is 31.8 Å². The number of hydrogen-bond donors (Lipinski definition) is 2. The van der Waals surface area contributed by atoms with Gasteiger partial charge >= 0.3 is 0 Å². The van der Waals surface area contributed by atoms with Gasteiger partial charge in [-0.2, -0.15) is 5.10 Å². The Labute approximate surface area is 135 Å². The average molecular weight is 331 g/mol. The van der Waals surface area contributed by atoms with Crippen molar-refractivity contribution in [1.29, 1.82) is 0 Å². The van der Waals surface area contributed by atoms with Gasteiger partial charge in [0.15, 0.2) is 10.3 Å². The fraction of sp³-hybridized carbons (Fsp3) is 0.143. The van der Waals surface area contributed by atoms with Crippen molar-refractivity contribution in [1.82, 2.24) is 20.2 Å². The highest BCUT2D eigenvalue weighted by Crippen LogP contribution is 2.30. The Morgan fingerprint density at radius 2 is 2.18 bits per heavy atom. The van der Waals surface area contributed by atoms with Crippen molar-refractivity contribution < 1.29 is 4.79 Å². The Morgan fingerprint density at radius 1 is 1.36 bits per heavy atom. The number of nitrogens with one attached hydrogen (secondary N) is 2. The van der Waals surface area contributed by atoms with Gasteiger partial charge in [0.1, 0.15) is 6.33 Å². The van der Waals surface area contributed by atoms with Gasteiger partial charge in [0.25, 0.3) is 0 Å². The first-order valence-corrected chi connectivity index (χ1v) is 8.33. The number of H-pyrrole nitrogens is 1. The molecule has 3 rings (SSSR count). The van der Waals surface area contributed by atoms with Crippen molar-refractivity contribution in [2.75, 3.05) is 11.1 Å². The molecule has 1 aromatic carbocycles. The van der Waals surface area contributed by atoms with Crippen LogP contribution < -0.4 is 5.32 Å². The number of amides is 1. The zero-order valence-corrected chi connectivity index (χ0v) is 13.4. The number of nitrogens with zero attached hydrogens (tertiary/aromatic N) is 3. The summed E-state index contributed by atoms with van der Waals surface area (Å²) >= 11 is 2.77. The number of thioether (sulfide) groups is 1. The summed E-state index contributed by atoms with van der Waals surface area (Å²) in [4.78, 5) is 21.5. The van der Waals surface area contributed by atoms with Crippen LogP contribution in [0.3, 0.4) is 0 Å². The number of aromatic amines is 1. The summed E-state index contributed by atoms with van der Waals surface area (Å²) in [5.74, 6) is 0.142. The summed E-state index contributed by atoms with van der Waals surface area (Å²) in [6.45, 7) is 2.00. The SMILES string of the molecule is Cc1sc(NC(=O)CSc2ncn[nH]2)nc1-c1ccccc1. The van der Waals surface area contributed by atoms with Crippen molar-refractivity contribution in [2.24, 2.45) is 0 Å². The Bertz CT molecular complexity index is 755. The lowest BCUT2D eigenvalue weighted by atomic mass is 10.1. The van der Waals surface area contributed by atoms with Crippen molar-refractivity contribution in [3.63, 3.8) is 0 Å². The minimum absolute atomic E-state index is 0.116. The minimum Gasteiger partial charge on any atom is -0.301 e. The topological polar surface area (TPSA) is 83.6 Å². The Kier molecular flexibility index (Phi) is 4.50. The summed E-state index contributed by atoms with van der Waals surface area (Å²) in [5, 5.41) is 10.5. The van der Waals surface area contributed by atoms with E-state index in [2.05, 4.69) is 25.5 Å². The standard InChI is InChI=1S/C14H13N5OS2/c1-9-12(10-5-3-2-4-6-10)18-14(22-9)17-11(20)7-21-13-15-8-16-19-13/h2-6,8H,7H2,1H3,(H,15,16,19)(H,17,18,20). The molecule has 2 aromatic heterocycles. The molecular formula is C14H13N5OS2. The molecule has 0 fully saturated rings. The first-order valence-electron chi connectivity index (χ1n) is 6.53. The van der Waals surface area contributed by atoms with Crippen molar-refractivity contribution >= 4 is 34.1 Å². The lowest BCUT2D eigenvalue weighted by Gasteiger charge is -1.99. The molecule has 0 saturated carbocycles. The highest BCUT2D eigenvalue weighted by Gasteiger charge is 2.12. The van der Waals surface area contributed by atoms with Gasteiger partial charge in [-0.3, -0.25) is 9.89 Å². The van der Waals surface area contributed by atoms with Crippen LogP contribution in [0.25, 0.3) is 11.3 Å². The van der Waals surface area contributed by atoms with E-state index in [1.54, 1.807) is 0 Å². The summed E-state index contributed by atoms with van der Waals surface area (Å²) in [6, 6.07) is 9.93. The number of benzene rings is 1. The third-order valence-corrected chi connectivity index (χ3v) is 4.59. The summed E-state index contributed by atoms with van der Waals surface area (Å²) in [5.41, 5.74) is 1.96. The quantitative estimate of drug-likeness (QED) is 0.702. The fourth-order valence-corrected chi connectivity index (χ4v) is 3.30. The molecule has 0 unspecified atom stereocenters. The summed E-state index contributed by atoms with van der Waals surface area (Å²) in [7, 11) is 0. The van der Waals surface area contributed by atoms with E-state index < -0.39 is 0 Å². The molecule has 2 heterocycles. The van der Waals surface area contributed by atoms with Gasteiger partial charge in [-0.15, -0.1) is 11.3 Å². The monoisotopic (exact) mass is 331 g/mol. The summed E-state index contributed by atoms with van der Waals surface area (Å²) in [6.07, 6.45) is 1.41. The second-order valence-corrected chi connectivity index (χ2v) is 6.58. The maximum Gasteiger partial charge on any atom is 0.236 e. The van der Waals surface area contributed by atoms with E-state index >= 15 is 0 Å². The first-order chi connectivity index (χ1) is 10.7. The number of hydrogen-bond acceptors (Lipinski definition) is 6. The van der Waals surface area contributed by atoms with Crippen LogP contribution in [0.4, 0.5) is 5.13 Å². The number of aromatic nitrogens is 4. The van der Waals surface area contributed by atoms with Crippen LogP contribution in [-0.2, 0) is 4.79 Å². The molecule has 0 bridgehead atoms. The van der Waals surface area contributed by atoms with Crippen molar-refractivity contribution in [2.45, 2.75) is 12.1 Å². The van der Waals surface area contributed by atoms with Gasteiger partial charge in [-0.05, 0) is 6.92 Å². The normalized spacial score (nSPS) is 10.6. The van der Waals surface area contributed by atoms with Crippen LogP contribution in [0, 0.1) is 6.92 Å². The number of anilines is 1. The zero-order valence-electron chi connectivity index (χ0n) is 11.7. The van der Waals surface area contributed by atoms with Gasteiger partial charge in [-0.1, -0.05) is 42.1 Å². The van der Waals surface area contributed by atoms with E-state index in [1.807, 2.05) is 37.3 Å². The van der Waals surface area contributed by atoms with E-state index in [9.17, 15) is 4.79 Å². The highest BCUT2D eigenvalue weighted by atomic mass is 32.2. The predicted molar refractivity (Wildman–Crippen MR) is 88.0 cm³/mol. The van der Waals surface area contributed by atoms with Gasteiger partial charge in [0, 0.05) is 10.4 Å². The number of carbonyl (C=O) groups is 1. The molecule has 0 radical (unpaired) electrons. The number of thiazole rings is 1. The molecule has 0 spiro atoms. The van der Waals surface area contributed by atoms with Gasteiger partial charge < -0.3 is 5.32 Å². The minimum atomic E-state index is -0.116. The third-order valence-electron chi connectivity index (χ3n) is 2.82. The summed E-state index contributed by atoms with van der Waals surface area (Å²) < 4.78 is 0. The maximum atomic E-state index is 11.9. The molecule has 0 saturated heterocycles. The molecule has 0 aliphatic rings. The smallest absolute Gasteiger partial charge is 0.236 e. The van der Waals surface area contributed by atoms with Gasteiger partial charge in [0.2, 0.25) is 5.91 Å². The maximum absolute atomic E-state index is 11.9. The van der Waals surface area contributed by atoms with Crippen molar-refractivity contribution in [3.05, 3.63) is 41.5 Å². The van der Waals surface area contributed by atoms with Gasteiger partial charge in [0.05, 0.1) is 11.4 Å². The molecule has 2 N–H and O–H groups in total. The molecule has 112 valence electrons. The molecule has 3 aromatic rings. The largest absolute Gasteiger partial charge is 0.301 e. The fourth-order valence-electron chi connectivity index (χ4n) is 1.87. The molecule has 8 heteroatoms. The Balaban J connectivity index is 1.64. The highest BCUT2D eigenvalue weighted by molar-refractivity contribution is 7.99. The third kappa shape index (κ3) is 3.52. The molecule has 0 aliphatic heterocycles. The molecule has 22 heavy (non-hydrogen) atoms. The lowest BCUT2D eigenvalue weighted by Crippen LogP contribution is -2.13. The second kappa shape index (κ2) is 6.71. The van der Waals surface area contributed by atoms with Crippen LogP contribution in [0.15, 0.2) is 41.8 Å². The average Bonchev–Trinajstić information content (AvgIpc) is 3.16. The van der Waals surface area contributed by atoms with Crippen LogP contribution >= 0.6 is 23.1 Å². The Hall–Kier alpha value is -2.19. The van der Waals surface area contributed by atoms with Crippen LogP contribution in [0.1, 0.15) is 4.88 Å². The zero-order chi connectivity index (χ0) is 15.4. The van der Waals surface area contributed by atoms with Gasteiger partial charge in [-0.25, -0.2) is 9.97 Å². The van der Waals surface area contributed by atoms with Crippen LogP contribution in [0.5, 0.6) is 0 Å². The lowest BCUT2D eigenvalue weighted by molar-refractivity contribution is -0.113. The number of carbonyl (C=O) groups excluding carboxylic acids is 1. The number of aryl methyl sites for hydroxylation is 1. The molecular weight excluding hydrogens is 318 g/mol. The second-order valence-electron chi connectivity index (χ2n) is 4.42. The molecule has 1 amide bonds. The van der Waals surface area contributed by atoms with E-state index in [4.69, 9.17) is 0 Å². The molecule has 0 atom stereocenters. The molecule has 6 nitrogen and oxygen atoms in total. The van der Waals surface area contributed by atoms with E-state index in [-0.39, 0.29) is 11.7 Å². The van der Waals surface area contributed by atoms with E-state index in [0.717, 1.165) is 16.1 Å². The first kappa shape index (κ1) is 14.7. The Morgan fingerprint density at radius 3 is 2.91 bits per heavy atom. The van der Waals surface area contributed by atoms with E-state index in [1.165, 1.54) is 29.4 Å².